The lowest BCUT2D eigenvalue weighted by atomic mass is 9.91. The fourth-order valence-corrected chi connectivity index (χ4v) is 1.99. The van der Waals surface area contributed by atoms with E-state index in [1.165, 1.54) is 12.4 Å². The Hall–Kier alpha value is -1.76. The number of nitro groups is 1. The van der Waals surface area contributed by atoms with Crippen LogP contribution in [0.25, 0.3) is 0 Å². The molecule has 1 fully saturated rings. The molecule has 3 N–H and O–H groups in total. The molecule has 1 heterocycles. The van der Waals surface area contributed by atoms with Gasteiger partial charge in [0.15, 0.2) is 0 Å². The van der Waals surface area contributed by atoms with Gasteiger partial charge >= 0.3 is 5.69 Å². The third-order valence-corrected chi connectivity index (χ3v) is 2.98. The molecule has 0 saturated heterocycles. The van der Waals surface area contributed by atoms with Gasteiger partial charge in [-0.05, 0) is 12.8 Å². The van der Waals surface area contributed by atoms with E-state index in [1.54, 1.807) is 0 Å². The van der Waals surface area contributed by atoms with Gasteiger partial charge in [0, 0.05) is 12.1 Å². The zero-order chi connectivity index (χ0) is 12.3. The fourth-order valence-electron chi connectivity index (χ4n) is 1.99. The molecule has 17 heavy (non-hydrogen) atoms. The second kappa shape index (κ2) is 5.05. The molecule has 0 aromatic carbocycles. The van der Waals surface area contributed by atoms with Crippen molar-refractivity contribution in [2.24, 2.45) is 5.73 Å². The zero-order valence-corrected chi connectivity index (χ0v) is 9.37. The maximum atomic E-state index is 10.4. The van der Waals surface area contributed by atoms with Crippen LogP contribution in [0, 0.1) is 10.1 Å². The molecule has 1 aliphatic carbocycles. The molecular formula is C10H15N5O2. The molecule has 1 aromatic heterocycles. The number of hydrogen-bond acceptors (Lipinski definition) is 6. The van der Waals surface area contributed by atoms with Crippen molar-refractivity contribution in [1.29, 1.82) is 0 Å². The molecule has 92 valence electrons. The van der Waals surface area contributed by atoms with Crippen LogP contribution in [0.3, 0.4) is 0 Å². The Bertz CT molecular complexity index is 394. The van der Waals surface area contributed by atoms with Crippen molar-refractivity contribution in [2.75, 3.05) is 5.32 Å². The molecule has 0 unspecified atom stereocenters. The number of nitrogens with two attached hydrogens (primary N) is 1. The zero-order valence-electron chi connectivity index (χ0n) is 9.37. The topological polar surface area (TPSA) is 107 Å². The van der Waals surface area contributed by atoms with Crippen LogP contribution in [0.15, 0.2) is 12.4 Å². The molecular weight excluding hydrogens is 222 g/mol. The first-order valence-corrected chi connectivity index (χ1v) is 5.65. The Morgan fingerprint density at radius 1 is 1.35 bits per heavy atom. The molecule has 7 nitrogen and oxygen atoms in total. The van der Waals surface area contributed by atoms with Crippen LogP contribution in [0.4, 0.5) is 11.6 Å². The summed E-state index contributed by atoms with van der Waals surface area (Å²) >= 11 is 0. The van der Waals surface area contributed by atoms with E-state index >= 15 is 0 Å². The molecule has 1 aliphatic rings. The second-order valence-electron chi connectivity index (χ2n) is 4.22. The maximum Gasteiger partial charge on any atom is 0.305 e. The van der Waals surface area contributed by atoms with Gasteiger partial charge in [-0.15, -0.1) is 0 Å². The maximum absolute atomic E-state index is 10.4. The summed E-state index contributed by atoms with van der Waals surface area (Å²) in [5.41, 5.74) is 5.87. The van der Waals surface area contributed by atoms with Crippen LogP contribution >= 0.6 is 0 Å². The molecule has 2 atom stereocenters. The van der Waals surface area contributed by atoms with Crippen molar-refractivity contribution in [3.63, 3.8) is 0 Å². The SMILES string of the molecule is N[C@@H]1CCCC[C@H]1Nc1ncc([N+](=O)[O-])cn1. The van der Waals surface area contributed by atoms with Gasteiger partial charge in [-0.1, -0.05) is 12.8 Å². The van der Waals surface area contributed by atoms with E-state index in [2.05, 4.69) is 15.3 Å². The first-order valence-electron chi connectivity index (χ1n) is 5.65. The van der Waals surface area contributed by atoms with Crippen molar-refractivity contribution in [3.05, 3.63) is 22.5 Å². The summed E-state index contributed by atoms with van der Waals surface area (Å²) in [7, 11) is 0. The normalized spacial score (nSPS) is 24.3. The van der Waals surface area contributed by atoms with E-state index < -0.39 is 4.92 Å². The standard InChI is InChI=1S/C10H15N5O2/c11-8-3-1-2-4-9(8)14-10-12-5-7(6-13-10)15(16)17/h5-6,8-9H,1-4,11H2,(H,12,13,14)/t8-,9-/m1/s1. The highest BCUT2D eigenvalue weighted by Gasteiger charge is 2.22. The summed E-state index contributed by atoms with van der Waals surface area (Å²) in [5.74, 6) is 0.401. The molecule has 0 spiro atoms. The third kappa shape index (κ3) is 2.88. The monoisotopic (exact) mass is 237 g/mol. The minimum Gasteiger partial charge on any atom is -0.350 e. The number of rotatable bonds is 3. The number of nitrogens with zero attached hydrogens (tertiary/aromatic N) is 3. The van der Waals surface area contributed by atoms with Gasteiger partial charge in [0.1, 0.15) is 12.4 Å². The summed E-state index contributed by atoms with van der Waals surface area (Å²) < 4.78 is 0. The van der Waals surface area contributed by atoms with Crippen molar-refractivity contribution in [3.8, 4) is 0 Å². The highest BCUT2D eigenvalue weighted by molar-refractivity contribution is 5.32. The minimum atomic E-state index is -0.518. The van der Waals surface area contributed by atoms with Crippen LogP contribution < -0.4 is 11.1 Å². The Morgan fingerprint density at radius 3 is 2.59 bits per heavy atom. The van der Waals surface area contributed by atoms with Gasteiger partial charge < -0.3 is 11.1 Å². The van der Waals surface area contributed by atoms with Gasteiger partial charge in [-0.2, -0.15) is 0 Å². The lowest BCUT2D eigenvalue weighted by Gasteiger charge is -2.29. The lowest BCUT2D eigenvalue weighted by Crippen LogP contribution is -2.42. The van der Waals surface area contributed by atoms with E-state index in [0.29, 0.717) is 5.95 Å². The number of anilines is 1. The van der Waals surface area contributed by atoms with E-state index in [0.717, 1.165) is 25.7 Å². The first-order chi connectivity index (χ1) is 8.16. The Kier molecular flexibility index (Phi) is 3.48. The highest BCUT2D eigenvalue weighted by atomic mass is 16.6. The van der Waals surface area contributed by atoms with Gasteiger partial charge in [-0.3, -0.25) is 10.1 Å². The van der Waals surface area contributed by atoms with E-state index in [-0.39, 0.29) is 17.8 Å². The summed E-state index contributed by atoms with van der Waals surface area (Å²) in [4.78, 5) is 17.7. The highest BCUT2D eigenvalue weighted by Crippen LogP contribution is 2.19. The van der Waals surface area contributed by atoms with Crippen LogP contribution in [-0.2, 0) is 0 Å². The van der Waals surface area contributed by atoms with E-state index in [9.17, 15) is 10.1 Å². The Balaban J connectivity index is 2.00. The minimum absolute atomic E-state index is 0.0996. The molecule has 7 heteroatoms. The average molecular weight is 237 g/mol. The second-order valence-corrected chi connectivity index (χ2v) is 4.22. The molecule has 2 rings (SSSR count). The number of hydrogen-bond donors (Lipinski definition) is 2. The van der Waals surface area contributed by atoms with Crippen LogP contribution in [0.2, 0.25) is 0 Å². The van der Waals surface area contributed by atoms with Gasteiger partial charge in [0.25, 0.3) is 0 Å². The van der Waals surface area contributed by atoms with Crippen LogP contribution in [0.5, 0.6) is 0 Å². The van der Waals surface area contributed by atoms with E-state index in [1.807, 2.05) is 0 Å². The smallest absolute Gasteiger partial charge is 0.305 e. The largest absolute Gasteiger partial charge is 0.350 e. The average Bonchev–Trinajstić information content (AvgIpc) is 2.33. The van der Waals surface area contributed by atoms with E-state index in [4.69, 9.17) is 5.73 Å². The van der Waals surface area contributed by atoms with Crippen molar-refractivity contribution >= 4 is 11.6 Å². The van der Waals surface area contributed by atoms with Gasteiger partial charge in [-0.25, -0.2) is 9.97 Å². The summed E-state index contributed by atoms with van der Waals surface area (Å²) in [6.45, 7) is 0. The summed E-state index contributed by atoms with van der Waals surface area (Å²) in [6, 6.07) is 0.257. The molecule has 1 saturated carbocycles. The molecule has 0 aliphatic heterocycles. The van der Waals surface area contributed by atoms with Crippen LogP contribution in [-0.4, -0.2) is 27.0 Å². The molecule has 0 bridgehead atoms. The quantitative estimate of drug-likeness (QED) is 0.601. The van der Waals surface area contributed by atoms with Crippen molar-refractivity contribution in [1.82, 2.24) is 9.97 Å². The summed E-state index contributed by atoms with van der Waals surface area (Å²) in [5, 5.41) is 13.6. The van der Waals surface area contributed by atoms with Gasteiger partial charge in [0.05, 0.1) is 4.92 Å². The molecule has 0 radical (unpaired) electrons. The first kappa shape index (κ1) is 11.7. The predicted molar refractivity (Wildman–Crippen MR) is 62.5 cm³/mol. The van der Waals surface area contributed by atoms with Crippen molar-refractivity contribution < 1.29 is 4.92 Å². The predicted octanol–water partition coefficient (Wildman–Crippen LogP) is 1.07. The third-order valence-electron chi connectivity index (χ3n) is 2.98. The molecule has 1 aromatic rings. The van der Waals surface area contributed by atoms with Crippen LogP contribution in [0.1, 0.15) is 25.7 Å². The Labute approximate surface area is 98.6 Å². The fraction of sp³-hybridized carbons (Fsp3) is 0.600. The lowest BCUT2D eigenvalue weighted by molar-refractivity contribution is -0.385. The molecule has 0 amide bonds. The number of aromatic nitrogens is 2. The Morgan fingerprint density at radius 2 is 2.00 bits per heavy atom. The number of nitrogens with one attached hydrogen (secondary N) is 1. The van der Waals surface area contributed by atoms with Crippen molar-refractivity contribution in [2.45, 2.75) is 37.8 Å². The van der Waals surface area contributed by atoms with Gasteiger partial charge in [0.2, 0.25) is 5.95 Å². The summed E-state index contributed by atoms with van der Waals surface area (Å²) in [6.07, 6.45) is 6.67.